The topological polar surface area (TPSA) is 50.7 Å². The van der Waals surface area contributed by atoms with Gasteiger partial charge < -0.3 is 19.9 Å². The third-order valence-electron chi connectivity index (χ3n) is 4.86. The molecule has 0 atom stereocenters. The van der Waals surface area contributed by atoms with Crippen molar-refractivity contribution < 1.29 is 14.6 Å². The van der Waals surface area contributed by atoms with Crippen molar-refractivity contribution in [1.82, 2.24) is 5.32 Å². The molecule has 102 valence electrons. The number of hydrogen-bond donors (Lipinski definition) is 2. The Hall–Kier alpha value is -1.26. The zero-order valence-electron chi connectivity index (χ0n) is 10.9. The first-order valence-electron chi connectivity index (χ1n) is 7.09. The summed E-state index contributed by atoms with van der Waals surface area (Å²) in [5.74, 6) is 1.75. The summed E-state index contributed by atoms with van der Waals surface area (Å²) < 4.78 is 11.0. The van der Waals surface area contributed by atoms with Gasteiger partial charge in [-0.25, -0.2) is 0 Å². The summed E-state index contributed by atoms with van der Waals surface area (Å²) in [6, 6.07) is 4.30. The van der Waals surface area contributed by atoms with E-state index in [1.165, 1.54) is 11.1 Å². The fourth-order valence-corrected chi connectivity index (χ4v) is 3.76. The standard InChI is InChI=1S/C15H19NO3/c17-11-1-3-15(4-2-11)8-16-7-10-5-13-14(6-12(10)15)19-9-18-13/h5-6,11,16-17H,1-4,7-9H2. The summed E-state index contributed by atoms with van der Waals surface area (Å²) in [5, 5.41) is 13.3. The van der Waals surface area contributed by atoms with Crippen molar-refractivity contribution in [3.8, 4) is 11.5 Å². The van der Waals surface area contributed by atoms with Gasteiger partial charge in [0.2, 0.25) is 6.79 Å². The van der Waals surface area contributed by atoms with Crippen molar-refractivity contribution in [2.24, 2.45) is 0 Å². The molecule has 1 aliphatic carbocycles. The number of fused-ring (bicyclic) bond motifs is 3. The van der Waals surface area contributed by atoms with E-state index < -0.39 is 0 Å². The Labute approximate surface area is 112 Å². The highest BCUT2D eigenvalue weighted by atomic mass is 16.7. The first-order valence-corrected chi connectivity index (χ1v) is 7.09. The van der Waals surface area contributed by atoms with Crippen LogP contribution in [0.4, 0.5) is 0 Å². The fourth-order valence-electron chi connectivity index (χ4n) is 3.76. The molecule has 0 unspecified atom stereocenters. The van der Waals surface area contributed by atoms with Gasteiger partial charge in [-0.3, -0.25) is 0 Å². The number of ether oxygens (including phenoxy) is 2. The lowest BCUT2D eigenvalue weighted by molar-refractivity contribution is 0.0918. The summed E-state index contributed by atoms with van der Waals surface area (Å²) in [4.78, 5) is 0. The van der Waals surface area contributed by atoms with Crippen molar-refractivity contribution in [1.29, 1.82) is 0 Å². The molecule has 2 heterocycles. The molecule has 4 nitrogen and oxygen atoms in total. The second kappa shape index (κ2) is 4.12. The number of aliphatic hydroxyl groups excluding tert-OH is 1. The minimum absolute atomic E-state index is 0.120. The molecule has 2 aliphatic heterocycles. The fraction of sp³-hybridized carbons (Fsp3) is 0.600. The molecule has 4 rings (SSSR count). The van der Waals surface area contributed by atoms with Crippen LogP contribution in [0.25, 0.3) is 0 Å². The molecule has 0 aromatic heterocycles. The van der Waals surface area contributed by atoms with Crippen LogP contribution in [0.2, 0.25) is 0 Å². The van der Waals surface area contributed by atoms with Gasteiger partial charge in [0.1, 0.15) is 0 Å². The lowest BCUT2D eigenvalue weighted by Gasteiger charge is -2.43. The SMILES string of the molecule is OC1CCC2(CC1)CNCc1cc3c(cc12)OCO3. The van der Waals surface area contributed by atoms with E-state index in [4.69, 9.17) is 9.47 Å². The van der Waals surface area contributed by atoms with E-state index in [0.717, 1.165) is 50.3 Å². The highest BCUT2D eigenvalue weighted by Crippen LogP contribution is 2.46. The molecule has 1 aromatic carbocycles. The van der Waals surface area contributed by atoms with Crippen LogP contribution in [0.3, 0.4) is 0 Å². The molecule has 1 spiro atoms. The van der Waals surface area contributed by atoms with Crippen molar-refractivity contribution in [3.63, 3.8) is 0 Å². The summed E-state index contributed by atoms with van der Waals surface area (Å²) in [5.41, 5.74) is 2.91. The molecule has 1 aromatic rings. The van der Waals surface area contributed by atoms with Gasteiger partial charge in [0.25, 0.3) is 0 Å². The number of rotatable bonds is 0. The van der Waals surface area contributed by atoms with E-state index in [0.29, 0.717) is 6.79 Å². The molecular weight excluding hydrogens is 242 g/mol. The van der Waals surface area contributed by atoms with Gasteiger partial charge in [0.15, 0.2) is 11.5 Å². The monoisotopic (exact) mass is 261 g/mol. The summed E-state index contributed by atoms with van der Waals surface area (Å²) >= 11 is 0. The lowest BCUT2D eigenvalue weighted by Crippen LogP contribution is -2.46. The van der Waals surface area contributed by atoms with Gasteiger partial charge in [0, 0.05) is 18.5 Å². The van der Waals surface area contributed by atoms with Gasteiger partial charge in [-0.15, -0.1) is 0 Å². The first kappa shape index (κ1) is 11.6. The average Bonchev–Trinajstić information content (AvgIpc) is 2.88. The van der Waals surface area contributed by atoms with Crippen molar-refractivity contribution >= 4 is 0 Å². The highest BCUT2D eigenvalue weighted by molar-refractivity contribution is 5.52. The van der Waals surface area contributed by atoms with Crippen LogP contribution in [-0.4, -0.2) is 24.5 Å². The minimum Gasteiger partial charge on any atom is -0.454 e. The molecule has 19 heavy (non-hydrogen) atoms. The van der Waals surface area contributed by atoms with Gasteiger partial charge in [-0.2, -0.15) is 0 Å². The van der Waals surface area contributed by atoms with Crippen LogP contribution in [0.1, 0.15) is 36.8 Å². The van der Waals surface area contributed by atoms with E-state index >= 15 is 0 Å². The van der Waals surface area contributed by atoms with Crippen LogP contribution in [0, 0.1) is 0 Å². The third kappa shape index (κ3) is 1.74. The van der Waals surface area contributed by atoms with Gasteiger partial charge in [0.05, 0.1) is 6.10 Å². The summed E-state index contributed by atoms with van der Waals surface area (Å²) in [7, 11) is 0. The Morgan fingerprint density at radius 2 is 1.89 bits per heavy atom. The van der Waals surface area contributed by atoms with E-state index in [9.17, 15) is 5.11 Å². The predicted octanol–water partition coefficient (Wildman–Crippen LogP) is 1.69. The van der Waals surface area contributed by atoms with Crippen molar-refractivity contribution in [3.05, 3.63) is 23.3 Å². The molecular formula is C15H19NO3. The Balaban J connectivity index is 1.78. The van der Waals surface area contributed by atoms with E-state index in [1.807, 2.05) is 0 Å². The van der Waals surface area contributed by atoms with Crippen LogP contribution in [0.5, 0.6) is 11.5 Å². The second-order valence-electron chi connectivity index (χ2n) is 5.98. The smallest absolute Gasteiger partial charge is 0.231 e. The zero-order chi connectivity index (χ0) is 12.9. The molecule has 2 N–H and O–H groups in total. The zero-order valence-corrected chi connectivity index (χ0v) is 10.9. The number of hydrogen-bond acceptors (Lipinski definition) is 4. The van der Waals surface area contributed by atoms with Gasteiger partial charge in [-0.05, 0) is 48.9 Å². The predicted molar refractivity (Wildman–Crippen MR) is 70.4 cm³/mol. The van der Waals surface area contributed by atoms with Crippen LogP contribution < -0.4 is 14.8 Å². The Morgan fingerprint density at radius 3 is 2.68 bits per heavy atom. The average molecular weight is 261 g/mol. The molecule has 1 saturated carbocycles. The molecule has 0 bridgehead atoms. The van der Waals surface area contributed by atoms with Crippen LogP contribution in [-0.2, 0) is 12.0 Å². The van der Waals surface area contributed by atoms with Crippen molar-refractivity contribution in [2.45, 2.75) is 43.7 Å². The highest BCUT2D eigenvalue weighted by Gasteiger charge is 2.40. The second-order valence-corrected chi connectivity index (χ2v) is 5.98. The Morgan fingerprint density at radius 1 is 1.16 bits per heavy atom. The van der Waals surface area contributed by atoms with E-state index in [-0.39, 0.29) is 11.5 Å². The molecule has 0 saturated heterocycles. The summed E-state index contributed by atoms with van der Waals surface area (Å²) in [6.07, 6.45) is 3.78. The van der Waals surface area contributed by atoms with Crippen LogP contribution >= 0.6 is 0 Å². The Kier molecular flexibility index (Phi) is 2.50. The van der Waals surface area contributed by atoms with Gasteiger partial charge in [-0.1, -0.05) is 0 Å². The maximum Gasteiger partial charge on any atom is 0.231 e. The van der Waals surface area contributed by atoms with E-state index in [1.54, 1.807) is 0 Å². The minimum atomic E-state index is -0.120. The summed E-state index contributed by atoms with van der Waals surface area (Å²) in [6.45, 7) is 2.24. The largest absolute Gasteiger partial charge is 0.454 e. The van der Waals surface area contributed by atoms with E-state index in [2.05, 4.69) is 17.4 Å². The number of benzene rings is 1. The molecule has 4 heteroatoms. The quantitative estimate of drug-likeness (QED) is 0.746. The lowest BCUT2D eigenvalue weighted by atomic mass is 9.66. The first-order chi connectivity index (χ1) is 9.27. The molecule has 0 radical (unpaired) electrons. The molecule has 0 amide bonds. The number of aliphatic hydroxyl groups is 1. The Bertz CT molecular complexity index is 506. The third-order valence-corrected chi connectivity index (χ3v) is 4.86. The maximum absolute atomic E-state index is 9.76. The van der Waals surface area contributed by atoms with Gasteiger partial charge >= 0.3 is 0 Å². The number of nitrogens with one attached hydrogen (secondary N) is 1. The molecule has 1 fully saturated rings. The normalized spacial score (nSPS) is 32.4. The maximum atomic E-state index is 9.76. The van der Waals surface area contributed by atoms with Crippen LogP contribution in [0.15, 0.2) is 12.1 Å². The molecule has 3 aliphatic rings. The van der Waals surface area contributed by atoms with Crippen molar-refractivity contribution in [2.75, 3.05) is 13.3 Å².